The number of azo groups is 1. The molecule has 0 bridgehead atoms. The van der Waals surface area contributed by atoms with E-state index in [1.54, 1.807) is 30.3 Å². The van der Waals surface area contributed by atoms with E-state index >= 15 is 0 Å². The van der Waals surface area contributed by atoms with Gasteiger partial charge in [0.25, 0.3) is 0 Å². The molecular formula is C20H15N5O. The third kappa shape index (κ3) is 3.66. The van der Waals surface area contributed by atoms with Crippen molar-refractivity contribution < 1.29 is 4.79 Å². The van der Waals surface area contributed by atoms with Crippen LogP contribution in [-0.4, -0.2) is 5.78 Å². The van der Waals surface area contributed by atoms with E-state index in [2.05, 4.69) is 20.3 Å². The maximum Gasteiger partial charge on any atom is 0.160 e. The van der Waals surface area contributed by atoms with Gasteiger partial charge in [-0.25, -0.2) is 0 Å². The molecule has 126 valence electrons. The molecule has 0 spiro atoms. The minimum absolute atomic E-state index is 0.0659. The Bertz CT molecular complexity index is 1020. The van der Waals surface area contributed by atoms with E-state index in [1.807, 2.05) is 42.5 Å². The van der Waals surface area contributed by atoms with Crippen LogP contribution < -0.4 is 0 Å². The summed E-state index contributed by atoms with van der Waals surface area (Å²) in [7, 11) is 0. The van der Waals surface area contributed by atoms with Crippen LogP contribution >= 0.6 is 0 Å². The van der Waals surface area contributed by atoms with E-state index in [9.17, 15) is 4.79 Å². The van der Waals surface area contributed by atoms with Gasteiger partial charge < -0.3 is 0 Å². The summed E-state index contributed by atoms with van der Waals surface area (Å²) in [5.74, 6) is -0.0659. The van der Waals surface area contributed by atoms with Crippen LogP contribution in [0.15, 0.2) is 88.1 Å². The van der Waals surface area contributed by atoms with Gasteiger partial charge in [0, 0.05) is 10.5 Å². The Labute approximate surface area is 150 Å². The van der Waals surface area contributed by atoms with Crippen molar-refractivity contribution in [1.82, 2.24) is 0 Å². The lowest BCUT2D eigenvalue weighted by molar-refractivity contribution is 0.101. The van der Waals surface area contributed by atoms with Gasteiger partial charge in [0.15, 0.2) is 5.78 Å². The van der Waals surface area contributed by atoms with E-state index in [-0.39, 0.29) is 5.78 Å². The van der Waals surface area contributed by atoms with E-state index in [4.69, 9.17) is 5.53 Å². The van der Waals surface area contributed by atoms with Gasteiger partial charge >= 0.3 is 0 Å². The zero-order chi connectivity index (χ0) is 18.4. The molecule has 0 radical (unpaired) electrons. The van der Waals surface area contributed by atoms with Crippen LogP contribution in [0.4, 0.5) is 17.1 Å². The number of Topliss-reactive ketones (excluding diaryl/α,β-unsaturated/α-hetero) is 1. The standard InChI is InChI=1S/C20H15N5O/c1-14(26)16-10-5-6-11-17(16)18-12-7-13-19(20(18)24-25-21)23-22-15-8-3-2-4-9-15/h2-13H,1H3. The van der Waals surface area contributed by atoms with Gasteiger partial charge in [-0.15, -0.1) is 0 Å². The number of hydrogen-bond donors (Lipinski definition) is 0. The summed E-state index contributed by atoms with van der Waals surface area (Å²) < 4.78 is 0. The molecule has 3 aromatic rings. The first-order valence-electron chi connectivity index (χ1n) is 7.96. The molecular weight excluding hydrogens is 326 g/mol. The molecule has 0 saturated carbocycles. The lowest BCUT2D eigenvalue weighted by Gasteiger charge is -2.11. The highest BCUT2D eigenvalue weighted by Crippen LogP contribution is 2.40. The molecule has 0 aliphatic carbocycles. The highest BCUT2D eigenvalue weighted by atomic mass is 16.1. The maximum absolute atomic E-state index is 12.0. The summed E-state index contributed by atoms with van der Waals surface area (Å²) in [6, 6.07) is 21.8. The average Bonchev–Trinajstić information content (AvgIpc) is 2.68. The van der Waals surface area contributed by atoms with E-state index in [0.717, 1.165) is 0 Å². The summed E-state index contributed by atoms with van der Waals surface area (Å²) in [5.41, 5.74) is 12.3. The van der Waals surface area contributed by atoms with Crippen LogP contribution in [0.5, 0.6) is 0 Å². The molecule has 0 saturated heterocycles. The molecule has 0 heterocycles. The molecule has 3 rings (SSSR count). The quantitative estimate of drug-likeness (QED) is 0.214. The van der Waals surface area contributed by atoms with Crippen molar-refractivity contribution in [3.63, 3.8) is 0 Å². The number of carbonyl (C=O) groups is 1. The predicted octanol–water partition coefficient (Wildman–Crippen LogP) is 6.91. The van der Waals surface area contributed by atoms with Gasteiger partial charge in [-0.1, -0.05) is 59.7 Å². The van der Waals surface area contributed by atoms with Crippen molar-refractivity contribution in [1.29, 1.82) is 0 Å². The number of nitrogens with zero attached hydrogens (tertiary/aromatic N) is 5. The van der Waals surface area contributed by atoms with Crippen LogP contribution in [0.25, 0.3) is 21.6 Å². The van der Waals surface area contributed by atoms with Crippen molar-refractivity contribution in [2.45, 2.75) is 6.92 Å². The summed E-state index contributed by atoms with van der Waals surface area (Å²) in [6.45, 7) is 1.50. The van der Waals surface area contributed by atoms with Crippen LogP contribution in [-0.2, 0) is 0 Å². The van der Waals surface area contributed by atoms with Crippen LogP contribution in [0.2, 0.25) is 0 Å². The first-order chi connectivity index (χ1) is 12.7. The van der Waals surface area contributed by atoms with E-state index < -0.39 is 0 Å². The number of azide groups is 1. The molecule has 0 aliphatic rings. The Morgan fingerprint density at radius 2 is 1.54 bits per heavy atom. The summed E-state index contributed by atoms with van der Waals surface area (Å²) in [4.78, 5) is 14.9. The molecule has 0 atom stereocenters. The van der Waals surface area contributed by atoms with Crippen molar-refractivity contribution in [2.75, 3.05) is 0 Å². The van der Waals surface area contributed by atoms with Gasteiger partial charge in [-0.2, -0.15) is 10.2 Å². The highest BCUT2D eigenvalue weighted by molar-refractivity contribution is 6.02. The number of hydrogen-bond acceptors (Lipinski definition) is 4. The summed E-state index contributed by atoms with van der Waals surface area (Å²) >= 11 is 0. The lowest BCUT2D eigenvalue weighted by atomic mass is 9.96. The fourth-order valence-corrected chi connectivity index (χ4v) is 2.61. The Hall–Kier alpha value is -3.76. The van der Waals surface area contributed by atoms with Gasteiger partial charge in [-0.05, 0) is 41.8 Å². The van der Waals surface area contributed by atoms with E-state index in [0.29, 0.717) is 33.8 Å². The highest BCUT2D eigenvalue weighted by Gasteiger charge is 2.14. The van der Waals surface area contributed by atoms with Gasteiger partial charge in [0.2, 0.25) is 0 Å². The zero-order valence-corrected chi connectivity index (χ0v) is 14.1. The Morgan fingerprint density at radius 3 is 2.27 bits per heavy atom. The molecule has 0 aliphatic heterocycles. The van der Waals surface area contributed by atoms with Crippen LogP contribution in [0, 0.1) is 0 Å². The first-order valence-corrected chi connectivity index (χ1v) is 7.96. The second-order valence-corrected chi connectivity index (χ2v) is 5.50. The normalized spacial score (nSPS) is 10.5. The number of ketones is 1. The zero-order valence-electron chi connectivity index (χ0n) is 14.1. The first kappa shape index (κ1) is 17.1. The topological polar surface area (TPSA) is 90.5 Å². The predicted molar refractivity (Wildman–Crippen MR) is 101 cm³/mol. The molecule has 0 aromatic heterocycles. The van der Waals surface area contributed by atoms with E-state index in [1.165, 1.54) is 6.92 Å². The molecule has 0 fully saturated rings. The second-order valence-electron chi connectivity index (χ2n) is 5.50. The summed E-state index contributed by atoms with van der Waals surface area (Å²) in [5, 5.41) is 12.2. The Kier molecular flexibility index (Phi) is 5.17. The largest absolute Gasteiger partial charge is 0.294 e. The third-order valence-electron chi connectivity index (χ3n) is 3.79. The molecule has 6 heteroatoms. The SMILES string of the molecule is CC(=O)c1ccccc1-c1cccc(N=Nc2ccccc2)c1N=[N+]=[N-]. The Morgan fingerprint density at radius 1 is 0.846 bits per heavy atom. The molecule has 6 nitrogen and oxygen atoms in total. The molecule has 0 N–H and O–H groups in total. The third-order valence-corrected chi connectivity index (χ3v) is 3.79. The van der Waals surface area contributed by atoms with Gasteiger partial charge in [-0.3, -0.25) is 4.79 Å². The van der Waals surface area contributed by atoms with Crippen LogP contribution in [0.1, 0.15) is 17.3 Å². The number of benzene rings is 3. The smallest absolute Gasteiger partial charge is 0.160 e. The molecule has 0 unspecified atom stereocenters. The minimum Gasteiger partial charge on any atom is -0.294 e. The minimum atomic E-state index is -0.0659. The second kappa shape index (κ2) is 7.88. The molecule has 0 amide bonds. The summed E-state index contributed by atoms with van der Waals surface area (Å²) in [6.07, 6.45) is 0. The molecule has 26 heavy (non-hydrogen) atoms. The van der Waals surface area contributed by atoms with Crippen molar-refractivity contribution >= 4 is 22.8 Å². The average molecular weight is 341 g/mol. The molecule has 3 aromatic carbocycles. The fourth-order valence-electron chi connectivity index (χ4n) is 2.61. The maximum atomic E-state index is 12.0. The monoisotopic (exact) mass is 341 g/mol. The Balaban J connectivity index is 2.15. The lowest BCUT2D eigenvalue weighted by Crippen LogP contribution is -1.95. The van der Waals surface area contributed by atoms with Gasteiger partial charge in [0.05, 0.1) is 17.1 Å². The van der Waals surface area contributed by atoms with Gasteiger partial charge in [0.1, 0.15) is 0 Å². The van der Waals surface area contributed by atoms with Crippen molar-refractivity contribution in [2.24, 2.45) is 15.3 Å². The number of rotatable bonds is 5. The van der Waals surface area contributed by atoms with Crippen molar-refractivity contribution in [3.05, 3.63) is 88.8 Å². The van der Waals surface area contributed by atoms with Crippen LogP contribution in [0.3, 0.4) is 0 Å². The number of carbonyl (C=O) groups excluding carboxylic acids is 1. The fraction of sp³-hybridized carbons (Fsp3) is 0.0500. The van der Waals surface area contributed by atoms with Crippen molar-refractivity contribution in [3.8, 4) is 11.1 Å².